The summed E-state index contributed by atoms with van der Waals surface area (Å²) in [5.41, 5.74) is 2.27. The summed E-state index contributed by atoms with van der Waals surface area (Å²) < 4.78 is 0. The van der Waals surface area contributed by atoms with Gasteiger partial charge in [0.2, 0.25) is 0 Å². The fourth-order valence-electron chi connectivity index (χ4n) is 1.75. The van der Waals surface area contributed by atoms with Crippen LogP contribution in [-0.2, 0) is 0 Å². The second-order valence-corrected chi connectivity index (χ2v) is 3.67. The molecule has 14 heavy (non-hydrogen) atoms. The number of hydrogen-bond acceptors (Lipinski definition) is 2. The standard InChI is InChI=1S/C12H14O2/c13-11-7-6-10(8-12(11)14)9-4-2-1-3-5-9/h1-6,11-14H,7-8H2/t11-,12-/m0/s1. The summed E-state index contributed by atoms with van der Waals surface area (Å²) in [4.78, 5) is 0. The van der Waals surface area contributed by atoms with Gasteiger partial charge in [0, 0.05) is 6.42 Å². The SMILES string of the molecule is O[C@H]1CC=C(c2ccccc2)C[C@@H]1O. The van der Waals surface area contributed by atoms with Crippen molar-refractivity contribution < 1.29 is 10.2 Å². The lowest BCUT2D eigenvalue weighted by atomic mass is 9.90. The Morgan fingerprint density at radius 3 is 2.36 bits per heavy atom. The zero-order chi connectivity index (χ0) is 9.97. The minimum atomic E-state index is -0.616. The lowest BCUT2D eigenvalue weighted by molar-refractivity contribution is 0.0213. The molecule has 2 nitrogen and oxygen atoms in total. The van der Waals surface area contributed by atoms with Gasteiger partial charge in [0.25, 0.3) is 0 Å². The van der Waals surface area contributed by atoms with Gasteiger partial charge in [-0.3, -0.25) is 0 Å². The van der Waals surface area contributed by atoms with Crippen molar-refractivity contribution in [1.29, 1.82) is 0 Å². The number of rotatable bonds is 1. The molecule has 0 aromatic heterocycles. The van der Waals surface area contributed by atoms with Crippen molar-refractivity contribution in [3.63, 3.8) is 0 Å². The van der Waals surface area contributed by atoms with Gasteiger partial charge >= 0.3 is 0 Å². The maximum Gasteiger partial charge on any atom is 0.0842 e. The number of aliphatic hydroxyl groups excluding tert-OH is 2. The van der Waals surface area contributed by atoms with E-state index in [9.17, 15) is 10.2 Å². The molecule has 1 aromatic rings. The van der Waals surface area contributed by atoms with Gasteiger partial charge in [0.15, 0.2) is 0 Å². The first-order valence-corrected chi connectivity index (χ1v) is 4.88. The monoisotopic (exact) mass is 190 g/mol. The van der Waals surface area contributed by atoms with Crippen LogP contribution in [0.1, 0.15) is 18.4 Å². The Labute approximate surface area is 83.5 Å². The van der Waals surface area contributed by atoms with Crippen LogP contribution in [-0.4, -0.2) is 22.4 Å². The molecule has 1 aliphatic rings. The van der Waals surface area contributed by atoms with Crippen molar-refractivity contribution in [2.45, 2.75) is 25.0 Å². The minimum absolute atomic E-state index is 0.547. The molecule has 74 valence electrons. The smallest absolute Gasteiger partial charge is 0.0842 e. The van der Waals surface area contributed by atoms with Crippen LogP contribution in [0.4, 0.5) is 0 Å². The predicted octanol–water partition coefficient (Wildman–Crippen LogP) is 1.59. The summed E-state index contributed by atoms with van der Waals surface area (Å²) in [6.45, 7) is 0. The second kappa shape index (κ2) is 3.95. The molecule has 1 aromatic carbocycles. The molecule has 2 atom stereocenters. The van der Waals surface area contributed by atoms with Gasteiger partial charge in [-0.05, 0) is 17.6 Å². The maximum atomic E-state index is 9.52. The van der Waals surface area contributed by atoms with Crippen LogP contribution in [0.5, 0.6) is 0 Å². The Morgan fingerprint density at radius 1 is 1.00 bits per heavy atom. The summed E-state index contributed by atoms with van der Waals surface area (Å²) in [6, 6.07) is 9.98. The van der Waals surface area contributed by atoms with Crippen LogP contribution in [0, 0.1) is 0 Å². The van der Waals surface area contributed by atoms with E-state index < -0.39 is 12.2 Å². The molecule has 1 aliphatic carbocycles. The zero-order valence-electron chi connectivity index (χ0n) is 7.93. The average Bonchev–Trinajstić information content (AvgIpc) is 2.23. The highest BCUT2D eigenvalue weighted by atomic mass is 16.3. The fraction of sp³-hybridized carbons (Fsp3) is 0.333. The highest BCUT2D eigenvalue weighted by Gasteiger charge is 2.21. The predicted molar refractivity (Wildman–Crippen MR) is 55.7 cm³/mol. The highest BCUT2D eigenvalue weighted by molar-refractivity contribution is 5.66. The van der Waals surface area contributed by atoms with Crippen LogP contribution in [0.2, 0.25) is 0 Å². The Bertz CT molecular complexity index is 329. The van der Waals surface area contributed by atoms with Crippen molar-refractivity contribution in [3.05, 3.63) is 42.0 Å². The van der Waals surface area contributed by atoms with Gasteiger partial charge in [-0.2, -0.15) is 0 Å². The van der Waals surface area contributed by atoms with E-state index in [0.717, 1.165) is 11.1 Å². The van der Waals surface area contributed by atoms with Crippen molar-refractivity contribution in [2.24, 2.45) is 0 Å². The molecule has 0 saturated carbocycles. The fourth-order valence-corrected chi connectivity index (χ4v) is 1.75. The van der Waals surface area contributed by atoms with Crippen LogP contribution in [0.15, 0.2) is 36.4 Å². The van der Waals surface area contributed by atoms with Crippen LogP contribution in [0.25, 0.3) is 5.57 Å². The van der Waals surface area contributed by atoms with E-state index in [1.165, 1.54) is 0 Å². The third-order valence-electron chi connectivity index (χ3n) is 2.62. The van der Waals surface area contributed by atoms with E-state index in [-0.39, 0.29) is 0 Å². The molecule has 0 aliphatic heterocycles. The van der Waals surface area contributed by atoms with Gasteiger partial charge in [0.1, 0.15) is 0 Å². The molecule has 0 saturated heterocycles. The molecule has 2 heteroatoms. The molecule has 0 radical (unpaired) electrons. The average molecular weight is 190 g/mol. The van der Waals surface area contributed by atoms with Crippen LogP contribution < -0.4 is 0 Å². The summed E-state index contributed by atoms with van der Waals surface area (Å²) >= 11 is 0. The molecule has 0 unspecified atom stereocenters. The van der Waals surface area contributed by atoms with Crippen LogP contribution >= 0.6 is 0 Å². The molecule has 0 bridgehead atoms. The summed E-state index contributed by atoms with van der Waals surface area (Å²) in [6.07, 6.45) is 1.89. The third-order valence-corrected chi connectivity index (χ3v) is 2.62. The van der Waals surface area contributed by atoms with Gasteiger partial charge in [-0.15, -0.1) is 0 Å². The minimum Gasteiger partial charge on any atom is -0.390 e. The lowest BCUT2D eigenvalue weighted by Crippen LogP contribution is -2.28. The van der Waals surface area contributed by atoms with Crippen molar-refractivity contribution in [3.8, 4) is 0 Å². The molecular weight excluding hydrogens is 176 g/mol. The van der Waals surface area contributed by atoms with E-state index in [4.69, 9.17) is 0 Å². The van der Waals surface area contributed by atoms with Crippen LogP contribution in [0.3, 0.4) is 0 Å². The van der Waals surface area contributed by atoms with E-state index in [1.807, 2.05) is 36.4 Å². The van der Waals surface area contributed by atoms with Gasteiger partial charge in [-0.25, -0.2) is 0 Å². The van der Waals surface area contributed by atoms with Gasteiger partial charge in [-0.1, -0.05) is 36.4 Å². The first-order chi connectivity index (χ1) is 6.77. The summed E-state index contributed by atoms with van der Waals surface area (Å²) in [5, 5.41) is 18.9. The highest BCUT2D eigenvalue weighted by Crippen LogP contribution is 2.26. The first-order valence-electron chi connectivity index (χ1n) is 4.88. The van der Waals surface area contributed by atoms with E-state index in [2.05, 4.69) is 0 Å². The van der Waals surface area contributed by atoms with Gasteiger partial charge < -0.3 is 10.2 Å². The molecule has 0 amide bonds. The Balaban J connectivity index is 2.21. The Kier molecular flexibility index (Phi) is 2.66. The van der Waals surface area contributed by atoms with E-state index in [0.29, 0.717) is 12.8 Å². The van der Waals surface area contributed by atoms with Crippen molar-refractivity contribution >= 4 is 5.57 Å². The third kappa shape index (κ3) is 1.86. The number of hydrogen-bond donors (Lipinski definition) is 2. The summed E-state index contributed by atoms with van der Waals surface area (Å²) in [7, 11) is 0. The molecule has 2 N–H and O–H groups in total. The molecule has 0 fully saturated rings. The van der Waals surface area contributed by atoms with E-state index >= 15 is 0 Å². The first kappa shape index (κ1) is 9.44. The Morgan fingerprint density at radius 2 is 1.71 bits per heavy atom. The molecular formula is C12H14O2. The molecule has 0 spiro atoms. The number of benzene rings is 1. The Hall–Kier alpha value is -1.12. The van der Waals surface area contributed by atoms with Crippen molar-refractivity contribution in [2.75, 3.05) is 0 Å². The topological polar surface area (TPSA) is 40.5 Å². The quantitative estimate of drug-likeness (QED) is 0.706. The largest absolute Gasteiger partial charge is 0.390 e. The normalized spacial score (nSPS) is 27.1. The maximum absolute atomic E-state index is 9.52. The summed E-state index contributed by atoms with van der Waals surface area (Å²) in [5.74, 6) is 0. The van der Waals surface area contributed by atoms with E-state index in [1.54, 1.807) is 0 Å². The lowest BCUT2D eigenvalue weighted by Gasteiger charge is -2.23. The number of aliphatic hydroxyl groups is 2. The zero-order valence-corrected chi connectivity index (χ0v) is 7.93. The molecule has 2 rings (SSSR count). The van der Waals surface area contributed by atoms with Gasteiger partial charge in [0.05, 0.1) is 12.2 Å². The molecule has 0 heterocycles. The second-order valence-electron chi connectivity index (χ2n) is 3.67. The van der Waals surface area contributed by atoms with Crippen molar-refractivity contribution in [1.82, 2.24) is 0 Å².